The Hall–Kier alpha value is -3.03. The molecule has 0 unspecified atom stereocenters. The number of thiocarbonyl (C=S) groups is 1. The van der Waals surface area contributed by atoms with E-state index in [1.165, 1.54) is 5.56 Å². The summed E-state index contributed by atoms with van der Waals surface area (Å²) in [6.45, 7) is 6.59. The number of nitrogens with zero attached hydrogens (tertiary/aromatic N) is 3. The molecule has 0 radical (unpaired) electrons. The molecule has 0 amide bonds. The van der Waals surface area contributed by atoms with Crippen molar-refractivity contribution in [2.75, 3.05) is 5.32 Å². The summed E-state index contributed by atoms with van der Waals surface area (Å²) in [5.41, 5.74) is 6.60. The lowest BCUT2D eigenvalue weighted by Crippen LogP contribution is -2.07. The second kappa shape index (κ2) is 9.22. The zero-order valence-corrected chi connectivity index (χ0v) is 20.5. The lowest BCUT2D eigenvalue weighted by atomic mass is 10.1. The average Bonchev–Trinajstić information content (AvgIpc) is 3.01. The number of halogens is 1. The van der Waals surface area contributed by atoms with E-state index >= 15 is 0 Å². The van der Waals surface area contributed by atoms with Crippen molar-refractivity contribution in [2.24, 2.45) is 10.2 Å². The van der Waals surface area contributed by atoms with Crippen molar-refractivity contribution in [3.05, 3.63) is 87.4 Å². The van der Waals surface area contributed by atoms with Gasteiger partial charge in [-0.1, -0.05) is 64.0 Å². The van der Waals surface area contributed by atoms with Crippen LogP contribution in [0.1, 0.15) is 22.3 Å². The summed E-state index contributed by atoms with van der Waals surface area (Å²) >= 11 is 8.92. The minimum absolute atomic E-state index is 0.0531. The standard InChI is InChI=1S/C25H23BrN4OS/c1-15-7-9-18(10-8-15)14-30-21-12-11-19(26)13-20(21)23(24(30)31)28-29-25(32)27-22-16(2)5-4-6-17(22)3/h4-13,31H,14H2,1-3H3,(H,27,32). The molecule has 0 saturated heterocycles. The molecule has 5 nitrogen and oxygen atoms in total. The molecule has 7 heteroatoms. The van der Waals surface area contributed by atoms with Crippen molar-refractivity contribution in [1.82, 2.24) is 4.57 Å². The van der Waals surface area contributed by atoms with Gasteiger partial charge in [-0.3, -0.25) is 0 Å². The molecule has 0 bridgehead atoms. The van der Waals surface area contributed by atoms with Gasteiger partial charge in [-0.05, 0) is 67.9 Å². The molecule has 0 saturated carbocycles. The summed E-state index contributed by atoms with van der Waals surface area (Å²) in [6.07, 6.45) is 0. The highest BCUT2D eigenvalue weighted by atomic mass is 79.9. The highest BCUT2D eigenvalue weighted by Crippen LogP contribution is 2.40. The predicted molar refractivity (Wildman–Crippen MR) is 138 cm³/mol. The number of anilines is 1. The summed E-state index contributed by atoms with van der Waals surface area (Å²) in [5.74, 6) is 0.0531. The lowest BCUT2D eigenvalue weighted by Gasteiger charge is -2.10. The van der Waals surface area contributed by atoms with E-state index in [-0.39, 0.29) is 11.0 Å². The molecule has 4 aromatic rings. The van der Waals surface area contributed by atoms with Crippen LogP contribution in [0.2, 0.25) is 0 Å². The Morgan fingerprint density at radius 1 is 1.03 bits per heavy atom. The number of aromatic hydroxyl groups is 1. The van der Waals surface area contributed by atoms with Gasteiger partial charge in [0.1, 0.15) is 0 Å². The molecule has 0 atom stereocenters. The first kappa shape index (κ1) is 22.2. The smallest absolute Gasteiger partial charge is 0.221 e. The Morgan fingerprint density at radius 2 is 1.72 bits per heavy atom. The van der Waals surface area contributed by atoms with E-state index in [1.54, 1.807) is 0 Å². The van der Waals surface area contributed by atoms with Gasteiger partial charge in [0.2, 0.25) is 11.0 Å². The van der Waals surface area contributed by atoms with Crippen LogP contribution < -0.4 is 5.32 Å². The van der Waals surface area contributed by atoms with Crippen molar-refractivity contribution in [1.29, 1.82) is 0 Å². The van der Waals surface area contributed by atoms with Gasteiger partial charge in [0.15, 0.2) is 5.69 Å². The van der Waals surface area contributed by atoms with Gasteiger partial charge in [0, 0.05) is 15.5 Å². The number of azo groups is 1. The van der Waals surface area contributed by atoms with Gasteiger partial charge < -0.3 is 15.0 Å². The Morgan fingerprint density at radius 3 is 2.41 bits per heavy atom. The summed E-state index contributed by atoms with van der Waals surface area (Å²) in [6, 6.07) is 20.1. The first-order valence-corrected chi connectivity index (χ1v) is 11.4. The fraction of sp³-hybridized carbons (Fsp3) is 0.160. The second-order valence-corrected chi connectivity index (χ2v) is 9.10. The van der Waals surface area contributed by atoms with E-state index in [2.05, 4.69) is 62.7 Å². The summed E-state index contributed by atoms with van der Waals surface area (Å²) < 4.78 is 2.73. The molecule has 0 spiro atoms. The number of rotatable bonds is 4. The van der Waals surface area contributed by atoms with E-state index in [9.17, 15) is 5.11 Å². The fourth-order valence-corrected chi connectivity index (χ4v) is 4.17. The normalized spacial score (nSPS) is 11.4. The number of hydrogen-bond donors (Lipinski definition) is 2. The SMILES string of the molecule is Cc1ccc(Cn2c(O)c(N=NC(=S)Nc3c(C)cccc3C)c3cc(Br)ccc32)cc1. The third kappa shape index (κ3) is 4.59. The molecule has 1 heterocycles. The van der Waals surface area contributed by atoms with Gasteiger partial charge >= 0.3 is 0 Å². The number of benzene rings is 3. The topological polar surface area (TPSA) is 61.9 Å². The number of para-hydroxylation sites is 1. The molecular formula is C25H23BrN4OS. The van der Waals surface area contributed by atoms with E-state index < -0.39 is 0 Å². The van der Waals surface area contributed by atoms with Crippen LogP contribution in [0.25, 0.3) is 10.9 Å². The predicted octanol–water partition coefficient (Wildman–Crippen LogP) is 7.56. The molecule has 4 rings (SSSR count). The molecule has 0 fully saturated rings. The van der Waals surface area contributed by atoms with Gasteiger partial charge in [-0.15, -0.1) is 10.2 Å². The van der Waals surface area contributed by atoms with Crippen molar-refractivity contribution in [3.8, 4) is 5.88 Å². The van der Waals surface area contributed by atoms with E-state index in [1.807, 2.05) is 54.8 Å². The molecule has 162 valence electrons. The number of fused-ring (bicyclic) bond motifs is 1. The zero-order valence-electron chi connectivity index (χ0n) is 18.1. The maximum atomic E-state index is 11.0. The average molecular weight is 507 g/mol. The zero-order chi connectivity index (χ0) is 22.8. The Labute approximate surface area is 200 Å². The van der Waals surface area contributed by atoms with E-state index in [0.717, 1.165) is 37.8 Å². The largest absolute Gasteiger partial charge is 0.493 e. The Kier molecular flexibility index (Phi) is 6.39. The minimum atomic E-state index is 0.0531. The molecule has 3 aromatic carbocycles. The van der Waals surface area contributed by atoms with E-state index in [0.29, 0.717) is 12.2 Å². The molecule has 32 heavy (non-hydrogen) atoms. The lowest BCUT2D eigenvalue weighted by molar-refractivity contribution is 0.429. The monoisotopic (exact) mass is 506 g/mol. The van der Waals surface area contributed by atoms with Crippen molar-refractivity contribution >= 4 is 55.5 Å². The maximum absolute atomic E-state index is 11.0. The van der Waals surface area contributed by atoms with E-state index in [4.69, 9.17) is 12.2 Å². The molecule has 0 aliphatic carbocycles. The van der Waals surface area contributed by atoms with Crippen LogP contribution in [0.3, 0.4) is 0 Å². The quantitative estimate of drug-likeness (QED) is 0.221. The third-order valence-electron chi connectivity index (χ3n) is 5.39. The maximum Gasteiger partial charge on any atom is 0.221 e. The van der Waals surface area contributed by atoms with Crippen LogP contribution in [-0.4, -0.2) is 14.8 Å². The number of hydrogen-bond acceptors (Lipinski definition) is 3. The molecule has 1 aromatic heterocycles. The van der Waals surface area contributed by atoms with Crippen LogP contribution in [0.15, 0.2) is 75.4 Å². The first-order valence-electron chi connectivity index (χ1n) is 10.2. The van der Waals surface area contributed by atoms with Gasteiger partial charge in [-0.25, -0.2) is 0 Å². The van der Waals surface area contributed by atoms with Crippen LogP contribution in [0.5, 0.6) is 5.88 Å². The van der Waals surface area contributed by atoms with Gasteiger partial charge in [0.25, 0.3) is 0 Å². The number of nitrogens with one attached hydrogen (secondary N) is 1. The van der Waals surface area contributed by atoms with Crippen LogP contribution in [-0.2, 0) is 6.54 Å². The van der Waals surface area contributed by atoms with Gasteiger partial charge in [-0.2, -0.15) is 0 Å². The highest BCUT2D eigenvalue weighted by molar-refractivity contribution is 9.10. The van der Waals surface area contributed by atoms with Crippen LogP contribution in [0.4, 0.5) is 11.4 Å². The minimum Gasteiger partial charge on any atom is -0.493 e. The van der Waals surface area contributed by atoms with Crippen LogP contribution in [0, 0.1) is 20.8 Å². The van der Waals surface area contributed by atoms with Crippen molar-refractivity contribution in [3.63, 3.8) is 0 Å². The molecule has 2 N–H and O–H groups in total. The summed E-state index contributed by atoms with van der Waals surface area (Å²) in [4.78, 5) is 0. The van der Waals surface area contributed by atoms with Gasteiger partial charge in [0.05, 0.1) is 12.1 Å². The Balaban J connectivity index is 1.69. The second-order valence-electron chi connectivity index (χ2n) is 7.80. The fourth-order valence-electron chi connectivity index (χ4n) is 3.67. The van der Waals surface area contributed by atoms with Crippen molar-refractivity contribution < 1.29 is 5.11 Å². The highest BCUT2D eigenvalue weighted by Gasteiger charge is 2.17. The number of aryl methyl sites for hydroxylation is 3. The molecule has 0 aliphatic rings. The third-order valence-corrected chi connectivity index (χ3v) is 6.06. The first-order chi connectivity index (χ1) is 15.3. The molecule has 0 aliphatic heterocycles. The Bertz CT molecular complexity index is 1320. The summed E-state index contributed by atoms with van der Waals surface area (Å²) in [7, 11) is 0. The summed E-state index contributed by atoms with van der Waals surface area (Å²) in [5, 5.41) is 23.8. The molecular weight excluding hydrogens is 484 g/mol. The van der Waals surface area contributed by atoms with Crippen molar-refractivity contribution in [2.45, 2.75) is 27.3 Å². The number of aromatic nitrogens is 1. The van der Waals surface area contributed by atoms with Crippen LogP contribution >= 0.6 is 28.1 Å².